The minimum Gasteiger partial charge on any atom is -0.325 e. The van der Waals surface area contributed by atoms with Crippen molar-refractivity contribution < 1.29 is 0 Å². The maximum atomic E-state index is 5.52. The van der Waals surface area contributed by atoms with Crippen LogP contribution >= 0.6 is 0 Å². The number of hydrogen-bond acceptors (Lipinski definition) is 4. The Bertz CT molecular complexity index is 365. The first-order valence-electron chi connectivity index (χ1n) is 6.96. The molecule has 1 aromatic rings. The van der Waals surface area contributed by atoms with Crippen molar-refractivity contribution in [3.8, 4) is 0 Å². The van der Waals surface area contributed by atoms with Gasteiger partial charge in [0.1, 0.15) is 0 Å². The summed E-state index contributed by atoms with van der Waals surface area (Å²) in [4.78, 5) is 2.53. The number of nitrogens with two attached hydrogens (primary N) is 1. The molecule has 2 heterocycles. The van der Waals surface area contributed by atoms with E-state index in [1.807, 2.05) is 10.9 Å². The summed E-state index contributed by atoms with van der Waals surface area (Å²) in [6.07, 6.45) is 5.87. The fraction of sp³-hybridized carbons (Fsp3) is 0.846. The maximum Gasteiger partial charge on any atom is 0.0962 e. The topological polar surface area (TPSA) is 60.0 Å². The molecule has 18 heavy (non-hydrogen) atoms. The summed E-state index contributed by atoms with van der Waals surface area (Å²) in [6.45, 7) is 9.59. The summed E-state index contributed by atoms with van der Waals surface area (Å²) in [5, 5.41) is 8.08. The lowest BCUT2D eigenvalue weighted by Crippen LogP contribution is -2.39. The number of likely N-dealkylation sites (tertiary alicyclic amines) is 1. The Labute approximate surface area is 109 Å². The Morgan fingerprint density at radius 2 is 2.06 bits per heavy atom. The Balaban J connectivity index is 1.75. The van der Waals surface area contributed by atoms with Gasteiger partial charge in [-0.1, -0.05) is 25.5 Å². The predicted octanol–water partition coefficient (Wildman–Crippen LogP) is 1.25. The fourth-order valence-corrected chi connectivity index (χ4v) is 2.46. The van der Waals surface area contributed by atoms with E-state index in [2.05, 4.69) is 29.1 Å². The third kappa shape index (κ3) is 3.29. The van der Waals surface area contributed by atoms with Gasteiger partial charge in [0.25, 0.3) is 0 Å². The van der Waals surface area contributed by atoms with Crippen LogP contribution in [-0.4, -0.2) is 39.5 Å². The summed E-state index contributed by atoms with van der Waals surface area (Å²) in [5.74, 6) is 0. The monoisotopic (exact) mass is 251 g/mol. The highest BCUT2D eigenvalue weighted by atomic mass is 15.4. The smallest absolute Gasteiger partial charge is 0.0962 e. The summed E-state index contributed by atoms with van der Waals surface area (Å²) in [6, 6.07) is 0. The molecule has 5 nitrogen and oxygen atoms in total. The van der Waals surface area contributed by atoms with Crippen LogP contribution in [0.1, 0.15) is 38.8 Å². The Kier molecular flexibility index (Phi) is 4.35. The molecule has 0 spiro atoms. The van der Waals surface area contributed by atoms with E-state index in [0.717, 1.165) is 18.8 Å². The minimum atomic E-state index is 0.471. The van der Waals surface area contributed by atoms with Crippen LogP contribution in [0.4, 0.5) is 0 Å². The molecule has 0 radical (unpaired) electrons. The van der Waals surface area contributed by atoms with Gasteiger partial charge in [0.15, 0.2) is 0 Å². The lowest BCUT2D eigenvalue weighted by molar-refractivity contribution is 0.111. The van der Waals surface area contributed by atoms with Crippen LogP contribution in [0.25, 0.3) is 0 Å². The molecule has 2 rings (SSSR count). The van der Waals surface area contributed by atoms with E-state index in [1.165, 1.54) is 32.4 Å². The van der Waals surface area contributed by atoms with Gasteiger partial charge in [-0.05, 0) is 31.3 Å². The largest absolute Gasteiger partial charge is 0.325 e. The number of hydrogen-bond donors (Lipinski definition) is 1. The second-order valence-electron chi connectivity index (χ2n) is 5.68. The molecule has 1 saturated heterocycles. The molecule has 1 aromatic heterocycles. The normalized spacial score (nSPS) is 20.2. The lowest BCUT2D eigenvalue weighted by Gasteiger charge is -2.38. The molecular formula is C13H25N5. The first-order valence-corrected chi connectivity index (χ1v) is 6.96. The van der Waals surface area contributed by atoms with Crippen molar-refractivity contribution in [3.05, 3.63) is 11.9 Å². The van der Waals surface area contributed by atoms with Crippen molar-refractivity contribution in [1.29, 1.82) is 0 Å². The SMILES string of the molecule is CCC1(C)CCN(CCn2cc(CN)nn2)CC1. The number of aromatic nitrogens is 3. The molecule has 102 valence electrons. The number of rotatable bonds is 5. The van der Waals surface area contributed by atoms with Gasteiger partial charge >= 0.3 is 0 Å². The van der Waals surface area contributed by atoms with Gasteiger partial charge in [0.05, 0.1) is 12.2 Å². The van der Waals surface area contributed by atoms with Gasteiger partial charge in [0, 0.05) is 19.3 Å². The molecule has 0 aliphatic carbocycles. The summed E-state index contributed by atoms with van der Waals surface area (Å²) < 4.78 is 1.90. The zero-order chi connectivity index (χ0) is 13.0. The molecule has 0 atom stereocenters. The highest BCUT2D eigenvalue weighted by Gasteiger charge is 2.27. The second kappa shape index (κ2) is 5.80. The molecule has 1 aliphatic heterocycles. The highest BCUT2D eigenvalue weighted by molar-refractivity contribution is 4.90. The van der Waals surface area contributed by atoms with E-state index in [1.54, 1.807) is 0 Å². The average Bonchev–Trinajstić information content (AvgIpc) is 2.86. The van der Waals surface area contributed by atoms with Crippen molar-refractivity contribution in [3.63, 3.8) is 0 Å². The molecule has 0 aromatic carbocycles. The molecule has 1 fully saturated rings. The third-order valence-corrected chi connectivity index (χ3v) is 4.36. The summed E-state index contributed by atoms with van der Waals surface area (Å²) in [5.41, 5.74) is 6.95. The van der Waals surface area contributed by atoms with Gasteiger partial charge in [-0.15, -0.1) is 5.10 Å². The number of nitrogens with zero attached hydrogens (tertiary/aromatic N) is 4. The van der Waals surface area contributed by atoms with Gasteiger partial charge < -0.3 is 10.6 Å². The van der Waals surface area contributed by atoms with E-state index in [0.29, 0.717) is 12.0 Å². The van der Waals surface area contributed by atoms with Crippen LogP contribution in [0.5, 0.6) is 0 Å². The Morgan fingerprint density at radius 1 is 1.33 bits per heavy atom. The van der Waals surface area contributed by atoms with Crippen LogP contribution in [-0.2, 0) is 13.1 Å². The molecule has 1 aliphatic rings. The molecule has 5 heteroatoms. The van der Waals surface area contributed by atoms with Crippen LogP contribution < -0.4 is 5.73 Å². The van der Waals surface area contributed by atoms with Crippen molar-refractivity contribution in [2.24, 2.45) is 11.1 Å². The van der Waals surface area contributed by atoms with Crippen molar-refractivity contribution >= 4 is 0 Å². The molecule has 0 unspecified atom stereocenters. The van der Waals surface area contributed by atoms with Crippen molar-refractivity contribution in [2.45, 2.75) is 46.2 Å². The first kappa shape index (κ1) is 13.5. The van der Waals surface area contributed by atoms with Crippen LogP contribution in [0.2, 0.25) is 0 Å². The summed E-state index contributed by atoms with van der Waals surface area (Å²) >= 11 is 0. The summed E-state index contributed by atoms with van der Waals surface area (Å²) in [7, 11) is 0. The van der Waals surface area contributed by atoms with Crippen molar-refractivity contribution in [2.75, 3.05) is 19.6 Å². The van der Waals surface area contributed by atoms with Gasteiger partial charge in [-0.3, -0.25) is 4.68 Å². The van der Waals surface area contributed by atoms with E-state index in [-0.39, 0.29) is 0 Å². The Hall–Kier alpha value is -0.940. The van der Waals surface area contributed by atoms with E-state index in [4.69, 9.17) is 5.73 Å². The van der Waals surface area contributed by atoms with Crippen molar-refractivity contribution in [1.82, 2.24) is 19.9 Å². The third-order valence-electron chi connectivity index (χ3n) is 4.36. The lowest BCUT2D eigenvalue weighted by atomic mass is 9.78. The zero-order valence-corrected chi connectivity index (χ0v) is 11.6. The Morgan fingerprint density at radius 3 is 2.61 bits per heavy atom. The minimum absolute atomic E-state index is 0.471. The van der Waals surface area contributed by atoms with Crippen LogP contribution in [0.3, 0.4) is 0 Å². The van der Waals surface area contributed by atoms with Crippen LogP contribution in [0, 0.1) is 5.41 Å². The standard InChI is InChI=1S/C13H25N5/c1-3-13(2)4-6-17(7-5-13)8-9-18-11-12(10-14)15-16-18/h11H,3-10,14H2,1-2H3. The van der Waals surface area contributed by atoms with E-state index in [9.17, 15) is 0 Å². The highest BCUT2D eigenvalue weighted by Crippen LogP contribution is 2.33. The molecule has 0 saturated carbocycles. The molecule has 0 bridgehead atoms. The van der Waals surface area contributed by atoms with Gasteiger partial charge in [-0.25, -0.2) is 0 Å². The maximum absolute atomic E-state index is 5.52. The quantitative estimate of drug-likeness (QED) is 0.855. The molecular weight excluding hydrogens is 226 g/mol. The van der Waals surface area contributed by atoms with Gasteiger partial charge in [-0.2, -0.15) is 0 Å². The molecule has 2 N–H and O–H groups in total. The molecule has 0 amide bonds. The number of piperidine rings is 1. The fourth-order valence-electron chi connectivity index (χ4n) is 2.46. The van der Waals surface area contributed by atoms with E-state index >= 15 is 0 Å². The predicted molar refractivity (Wildman–Crippen MR) is 72.0 cm³/mol. The van der Waals surface area contributed by atoms with E-state index < -0.39 is 0 Å². The first-order chi connectivity index (χ1) is 8.65. The van der Waals surface area contributed by atoms with Gasteiger partial charge in [0.2, 0.25) is 0 Å². The van der Waals surface area contributed by atoms with Crippen LogP contribution in [0.15, 0.2) is 6.20 Å². The zero-order valence-electron chi connectivity index (χ0n) is 11.6. The average molecular weight is 251 g/mol. The second-order valence-corrected chi connectivity index (χ2v) is 5.68.